The summed E-state index contributed by atoms with van der Waals surface area (Å²) in [4.78, 5) is 4.28. The lowest BCUT2D eigenvalue weighted by Crippen LogP contribution is -2.42. The normalized spacial score (nSPS) is 12.6. The van der Waals surface area contributed by atoms with Gasteiger partial charge in [-0.2, -0.15) is 0 Å². The van der Waals surface area contributed by atoms with E-state index in [1.54, 1.807) is 7.11 Å². The second-order valence-corrected chi connectivity index (χ2v) is 5.71. The van der Waals surface area contributed by atoms with Crippen LogP contribution in [0.5, 0.6) is 0 Å². The molecule has 1 unspecified atom stereocenters. The fourth-order valence-corrected chi connectivity index (χ4v) is 2.16. The predicted molar refractivity (Wildman–Crippen MR) is 110 cm³/mol. The maximum absolute atomic E-state index is 5.44. The molecule has 0 aliphatic heterocycles. The molecule has 0 aromatic carbocycles. The van der Waals surface area contributed by atoms with Crippen LogP contribution in [-0.2, 0) is 9.47 Å². The lowest BCUT2D eigenvalue weighted by molar-refractivity contribution is 0.0689. The van der Waals surface area contributed by atoms with E-state index in [2.05, 4.69) is 29.5 Å². The fraction of sp³-hybridized carbons (Fsp3) is 0.941. The Morgan fingerprint density at radius 3 is 2.48 bits per heavy atom. The van der Waals surface area contributed by atoms with Crippen molar-refractivity contribution in [1.29, 1.82) is 0 Å². The summed E-state index contributed by atoms with van der Waals surface area (Å²) in [5.41, 5.74) is 0. The van der Waals surface area contributed by atoms with Crippen molar-refractivity contribution in [3.05, 3.63) is 0 Å². The maximum atomic E-state index is 5.44. The van der Waals surface area contributed by atoms with Gasteiger partial charge in [0.2, 0.25) is 0 Å². The Bertz CT molecular complexity index is 266. The number of guanidine groups is 1. The van der Waals surface area contributed by atoms with Crippen molar-refractivity contribution >= 4 is 29.9 Å². The summed E-state index contributed by atoms with van der Waals surface area (Å²) in [5.74, 6) is 0.906. The van der Waals surface area contributed by atoms with Gasteiger partial charge in [0.05, 0.1) is 13.2 Å². The number of nitrogens with one attached hydrogen (secondary N) is 2. The van der Waals surface area contributed by atoms with Crippen LogP contribution in [0.25, 0.3) is 0 Å². The molecule has 0 rings (SSSR count). The van der Waals surface area contributed by atoms with Crippen LogP contribution >= 0.6 is 24.0 Å². The monoisotopic (exact) mass is 443 g/mol. The number of rotatable bonds is 14. The molecule has 1 atom stereocenters. The minimum Gasteiger partial charge on any atom is -0.382 e. The van der Waals surface area contributed by atoms with Crippen LogP contribution in [0, 0.1) is 0 Å². The van der Waals surface area contributed by atoms with Crippen molar-refractivity contribution in [2.45, 2.75) is 64.8 Å². The van der Waals surface area contributed by atoms with E-state index in [4.69, 9.17) is 9.47 Å². The molecule has 0 aromatic heterocycles. The van der Waals surface area contributed by atoms with Crippen LogP contribution in [0.1, 0.15) is 58.8 Å². The molecule has 5 nitrogen and oxygen atoms in total. The second-order valence-electron chi connectivity index (χ2n) is 5.71. The van der Waals surface area contributed by atoms with E-state index in [0.29, 0.717) is 19.3 Å². The SMILES string of the molecule is CCCCCCC(C)NC(=NC)NCCCCOCCOC.I. The molecule has 0 amide bonds. The minimum atomic E-state index is 0. The molecule has 6 heteroatoms. The molecule has 140 valence electrons. The molecule has 0 fully saturated rings. The Morgan fingerprint density at radius 1 is 1.04 bits per heavy atom. The molecular weight excluding hydrogens is 405 g/mol. The molecule has 2 N–H and O–H groups in total. The Kier molecular flexibility index (Phi) is 21.8. The molecule has 0 saturated carbocycles. The van der Waals surface area contributed by atoms with Crippen LogP contribution in [0.4, 0.5) is 0 Å². The quantitative estimate of drug-likeness (QED) is 0.187. The first kappa shape index (κ1) is 25.2. The van der Waals surface area contributed by atoms with E-state index in [0.717, 1.165) is 32.0 Å². The molecule has 0 heterocycles. The van der Waals surface area contributed by atoms with Gasteiger partial charge >= 0.3 is 0 Å². The van der Waals surface area contributed by atoms with Gasteiger partial charge in [0.25, 0.3) is 0 Å². The zero-order valence-corrected chi connectivity index (χ0v) is 17.9. The van der Waals surface area contributed by atoms with Crippen molar-refractivity contribution < 1.29 is 9.47 Å². The summed E-state index contributed by atoms with van der Waals surface area (Å²) in [7, 11) is 3.52. The van der Waals surface area contributed by atoms with Crippen molar-refractivity contribution in [3.63, 3.8) is 0 Å². The van der Waals surface area contributed by atoms with Gasteiger partial charge in [-0.1, -0.05) is 32.6 Å². The number of methoxy groups -OCH3 is 1. The molecule has 0 bridgehead atoms. The third-order valence-electron chi connectivity index (χ3n) is 3.54. The summed E-state index contributed by atoms with van der Waals surface area (Å²) in [6.07, 6.45) is 8.59. The average molecular weight is 443 g/mol. The summed E-state index contributed by atoms with van der Waals surface area (Å²) >= 11 is 0. The van der Waals surface area contributed by atoms with E-state index in [1.807, 2.05) is 7.05 Å². The van der Waals surface area contributed by atoms with E-state index in [9.17, 15) is 0 Å². The van der Waals surface area contributed by atoms with Gasteiger partial charge in [-0.05, 0) is 26.2 Å². The van der Waals surface area contributed by atoms with Crippen molar-refractivity contribution in [2.24, 2.45) is 4.99 Å². The van der Waals surface area contributed by atoms with Crippen molar-refractivity contribution in [2.75, 3.05) is 40.5 Å². The first-order valence-corrected chi connectivity index (χ1v) is 8.78. The van der Waals surface area contributed by atoms with Crippen LogP contribution in [0.3, 0.4) is 0 Å². The van der Waals surface area contributed by atoms with Crippen LogP contribution < -0.4 is 10.6 Å². The number of hydrogen-bond donors (Lipinski definition) is 2. The summed E-state index contributed by atoms with van der Waals surface area (Å²) in [6.45, 7) is 7.55. The molecule has 0 aliphatic rings. The molecule has 0 saturated heterocycles. The van der Waals surface area contributed by atoms with Gasteiger partial charge in [-0.15, -0.1) is 24.0 Å². The molecule has 23 heavy (non-hydrogen) atoms. The standard InChI is InChI=1S/C17H37N3O2.HI/c1-5-6-7-8-11-16(2)20-17(18-3)19-12-9-10-13-22-15-14-21-4;/h16H,5-15H2,1-4H3,(H2,18,19,20);1H. The smallest absolute Gasteiger partial charge is 0.191 e. The van der Waals surface area contributed by atoms with Crippen molar-refractivity contribution in [1.82, 2.24) is 10.6 Å². The van der Waals surface area contributed by atoms with E-state index in [-0.39, 0.29) is 24.0 Å². The van der Waals surface area contributed by atoms with E-state index < -0.39 is 0 Å². The second kappa shape index (κ2) is 20.0. The van der Waals surface area contributed by atoms with Gasteiger partial charge in [-0.3, -0.25) is 4.99 Å². The Morgan fingerprint density at radius 2 is 1.83 bits per heavy atom. The number of halogens is 1. The third kappa shape index (κ3) is 18.1. The number of nitrogens with zero attached hydrogens (tertiary/aromatic N) is 1. The fourth-order valence-electron chi connectivity index (χ4n) is 2.16. The molecular formula is C17H38IN3O2. The van der Waals surface area contributed by atoms with Crippen molar-refractivity contribution in [3.8, 4) is 0 Å². The zero-order chi connectivity index (χ0) is 16.5. The van der Waals surface area contributed by atoms with Gasteiger partial charge < -0.3 is 20.1 Å². The zero-order valence-electron chi connectivity index (χ0n) is 15.5. The highest BCUT2D eigenvalue weighted by Gasteiger charge is 2.04. The van der Waals surface area contributed by atoms with Crippen LogP contribution in [-0.4, -0.2) is 52.5 Å². The molecule has 0 aromatic rings. The van der Waals surface area contributed by atoms with E-state index in [1.165, 1.54) is 32.1 Å². The summed E-state index contributed by atoms with van der Waals surface area (Å²) < 4.78 is 10.4. The Labute approximate surface area is 160 Å². The van der Waals surface area contributed by atoms with Gasteiger partial charge in [0, 0.05) is 33.4 Å². The van der Waals surface area contributed by atoms with Gasteiger partial charge in [0.15, 0.2) is 5.96 Å². The molecule has 0 spiro atoms. The topological polar surface area (TPSA) is 54.9 Å². The molecule has 0 aliphatic carbocycles. The number of ether oxygens (including phenoxy) is 2. The average Bonchev–Trinajstić information content (AvgIpc) is 2.53. The predicted octanol–water partition coefficient (Wildman–Crippen LogP) is 3.57. The third-order valence-corrected chi connectivity index (χ3v) is 3.54. The number of unbranched alkanes of at least 4 members (excludes halogenated alkanes) is 4. The summed E-state index contributed by atoms with van der Waals surface area (Å²) in [5, 5.41) is 6.82. The lowest BCUT2D eigenvalue weighted by Gasteiger charge is -2.18. The first-order chi connectivity index (χ1) is 10.7. The highest BCUT2D eigenvalue weighted by Crippen LogP contribution is 2.05. The maximum Gasteiger partial charge on any atom is 0.191 e. The highest BCUT2D eigenvalue weighted by molar-refractivity contribution is 14.0. The molecule has 0 radical (unpaired) electrons. The highest BCUT2D eigenvalue weighted by atomic mass is 127. The van der Waals surface area contributed by atoms with E-state index >= 15 is 0 Å². The number of hydrogen-bond acceptors (Lipinski definition) is 3. The minimum absolute atomic E-state index is 0. The number of aliphatic imine (C=N–C) groups is 1. The van der Waals surface area contributed by atoms with Crippen LogP contribution in [0.15, 0.2) is 4.99 Å². The van der Waals surface area contributed by atoms with Gasteiger partial charge in [0.1, 0.15) is 0 Å². The first-order valence-electron chi connectivity index (χ1n) is 8.78. The Hall–Kier alpha value is -0.0800. The summed E-state index contributed by atoms with van der Waals surface area (Å²) in [6, 6.07) is 0.473. The lowest BCUT2D eigenvalue weighted by atomic mass is 10.1. The van der Waals surface area contributed by atoms with Crippen LogP contribution in [0.2, 0.25) is 0 Å². The Balaban J connectivity index is 0. The van der Waals surface area contributed by atoms with Gasteiger partial charge in [-0.25, -0.2) is 0 Å². The largest absolute Gasteiger partial charge is 0.382 e.